The van der Waals surface area contributed by atoms with Crippen LogP contribution in [-0.4, -0.2) is 6.61 Å². The zero-order chi connectivity index (χ0) is 33.6. The predicted molar refractivity (Wildman–Crippen MR) is 191 cm³/mol. The van der Waals surface area contributed by atoms with Crippen LogP contribution in [0.1, 0.15) is 53.1 Å². The third-order valence-electron chi connectivity index (χ3n) is 8.66. The van der Waals surface area contributed by atoms with Crippen LogP contribution in [0, 0.1) is 43.1 Å². The highest BCUT2D eigenvalue weighted by atomic mass is 19.1. The molecular formula is C44H37F3O. The minimum Gasteiger partial charge on any atom is -0.494 e. The van der Waals surface area contributed by atoms with E-state index in [1.807, 2.05) is 67.6 Å². The molecule has 0 saturated carbocycles. The standard InChI is InChI=1S/C44H37F3O/c1-4-5-22-48-39-18-10-31(11-19-39)7-12-33-27-42(45)38(24-30(33)3)14-9-32-8-13-35-26-36(16-15-34(35)25-32)37-17-21-41(44(47)28-37)40-20-6-29(2)23-43(40)46/h6,8,10-11,13,15-21,23-28H,4-5,9,14,22H2,1-3H3. The largest absolute Gasteiger partial charge is 0.494 e. The Morgan fingerprint density at radius 3 is 2.04 bits per heavy atom. The quantitative estimate of drug-likeness (QED) is 0.113. The van der Waals surface area contributed by atoms with E-state index in [0.29, 0.717) is 30.6 Å². The number of fused-ring (bicyclic) bond motifs is 1. The maximum absolute atomic E-state index is 15.2. The number of rotatable bonds is 9. The van der Waals surface area contributed by atoms with Crippen LogP contribution in [0.15, 0.2) is 109 Å². The molecule has 0 amide bonds. The second-order valence-corrected chi connectivity index (χ2v) is 12.3. The number of benzene rings is 6. The second-order valence-electron chi connectivity index (χ2n) is 12.3. The first-order valence-corrected chi connectivity index (χ1v) is 16.4. The Hall–Kier alpha value is -5.27. The van der Waals surface area contributed by atoms with Gasteiger partial charge in [0.1, 0.15) is 23.2 Å². The van der Waals surface area contributed by atoms with Crippen LogP contribution in [0.5, 0.6) is 5.75 Å². The Morgan fingerprint density at radius 1 is 0.604 bits per heavy atom. The van der Waals surface area contributed by atoms with Crippen LogP contribution in [0.2, 0.25) is 0 Å². The van der Waals surface area contributed by atoms with Gasteiger partial charge in [-0.15, -0.1) is 0 Å². The highest BCUT2D eigenvalue weighted by Gasteiger charge is 2.13. The molecule has 0 aliphatic heterocycles. The molecule has 0 aromatic heterocycles. The fourth-order valence-electron chi connectivity index (χ4n) is 5.84. The molecule has 6 rings (SSSR count). The minimum absolute atomic E-state index is 0.241. The first-order chi connectivity index (χ1) is 23.3. The molecule has 48 heavy (non-hydrogen) atoms. The normalized spacial score (nSPS) is 11.0. The third-order valence-corrected chi connectivity index (χ3v) is 8.66. The van der Waals surface area contributed by atoms with Crippen molar-refractivity contribution in [2.45, 2.75) is 46.5 Å². The summed E-state index contributed by atoms with van der Waals surface area (Å²) >= 11 is 0. The van der Waals surface area contributed by atoms with Crippen LogP contribution >= 0.6 is 0 Å². The molecule has 6 aromatic rings. The summed E-state index contributed by atoms with van der Waals surface area (Å²) in [4.78, 5) is 0. The van der Waals surface area contributed by atoms with Crippen molar-refractivity contribution in [2.75, 3.05) is 6.61 Å². The first-order valence-electron chi connectivity index (χ1n) is 16.4. The molecule has 0 fully saturated rings. The summed E-state index contributed by atoms with van der Waals surface area (Å²) in [7, 11) is 0. The van der Waals surface area contributed by atoms with Gasteiger partial charge in [0.05, 0.1) is 6.61 Å². The van der Waals surface area contributed by atoms with Crippen molar-refractivity contribution in [2.24, 2.45) is 0 Å². The number of unbranched alkanes of at least 4 members (excludes halogenated alkanes) is 1. The van der Waals surface area contributed by atoms with E-state index < -0.39 is 11.6 Å². The lowest BCUT2D eigenvalue weighted by Gasteiger charge is -2.10. The van der Waals surface area contributed by atoms with Crippen molar-refractivity contribution in [1.29, 1.82) is 0 Å². The molecule has 0 saturated heterocycles. The molecule has 0 radical (unpaired) electrons. The van der Waals surface area contributed by atoms with E-state index in [4.69, 9.17) is 4.74 Å². The smallest absolute Gasteiger partial charge is 0.131 e. The molecule has 0 bridgehead atoms. The van der Waals surface area contributed by atoms with Gasteiger partial charge in [0.25, 0.3) is 0 Å². The number of hydrogen-bond acceptors (Lipinski definition) is 1. The van der Waals surface area contributed by atoms with Gasteiger partial charge in [-0.2, -0.15) is 0 Å². The summed E-state index contributed by atoms with van der Waals surface area (Å²) < 4.78 is 50.5. The van der Waals surface area contributed by atoms with Gasteiger partial charge in [-0.05, 0) is 126 Å². The lowest BCUT2D eigenvalue weighted by Crippen LogP contribution is -1.98. The highest BCUT2D eigenvalue weighted by molar-refractivity contribution is 5.88. The van der Waals surface area contributed by atoms with Gasteiger partial charge in [-0.3, -0.25) is 0 Å². The fraction of sp³-hybridized carbons (Fsp3) is 0.182. The predicted octanol–water partition coefficient (Wildman–Crippen LogP) is 11.6. The summed E-state index contributed by atoms with van der Waals surface area (Å²) in [5.74, 6) is 5.95. The minimum atomic E-state index is -0.466. The van der Waals surface area contributed by atoms with Gasteiger partial charge in [-0.1, -0.05) is 85.8 Å². The molecule has 1 nitrogen and oxygen atoms in total. The lowest BCUT2D eigenvalue weighted by atomic mass is 9.95. The zero-order valence-corrected chi connectivity index (χ0v) is 27.5. The Morgan fingerprint density at radius 2 is 1.29 bits per heavy atom. The van der Waals surface area contributed by atoms with Crippen molar-refractivity contribution >= 4 is 10.8 Å². The molecular weight excluding hydrogens is 601 g/mol. The molecule has 0 spiro atoms. The van der Waals surface area contributed by atoms with Crippen LogP contribution in [0.3, 0.4) is 0 Å². The molecule has 0 aliphatic rings. The summed E-state index contributed by atoms with van der Waals surface area (Å²) in [6.45, 7) is 6.60. The van der Waals surface area contributed by atoms with E-state index in [9.17, 15) is 4.39 Å². The molecule has 4 heteroatoms. The molecule has 0 unspecified atom stereocenters. The molecule has 0 N–H and O–H groups in total. The van der Waals surface area contributed by atoms with Crippen LogP contribution < -0.4 is 4.74 Å². The van der Waals surface area contributed by atoms with E-state index in [1.165, 1.54) is 18.2 Å². The van der Waals surface area contributed by atoms with Gasteiger partial charge >= 0.3 is 0 Å². The molecule has 0 heterocycles. The van der Waals surface area contributed by atoms with Gasteiger partial charge in [0.15, 0.2) is 0 Å². The van der Waals surface area contributed by atoms with E-state index >= 15 is 8.78 Å². The van der Waals surface area contributed by atoms with E-state index in [1.54, 1.807) is 25.1 Å². The number of aryl methyl sites for hydroxylation is 4. The summed E-state index contributed by atoms with van der Waals surface area (Å²) in [6.07, 6.45) is 3.37. The lowest BCUT2D eigenvalue weighted by molar-refractivity contribution is 0.309. The Labute approximate surface area is 281 Å². The van der Waals surface area contributed by atoms with Crippen LogP contribution in [0.4, 0.5) is 13.2 Å². The molecule has 0 aliphatic carbocycles. The topological polar surface area (TPSA) is 9.23 Å². The Bertz CT molecular complexity index is 2150. The van der Waals surface area contributed by atoms with E-state index in [-0.39, 0.29) is 16.9 Å². The maximum atomic E-state index is 15.2. The van der Waals surface area contributed by atoms with Crippen molar-refractivity contribution < 1.29 is 17.9 Å². The third kappa shape index (κ3) is 7.64. The summed E-state index contributed by atoms with van der Waals surface area (Å²) in [5, 5.41) is 2.08. The zero-order valence-electron chi connectivity index (χ0n) is 27.5. The van der Waals surface area contributed by atoms with Crippen molar-refractivity contribution in [3.05, 3.63) is 160 Å². The van der Waals surface area contributed by atoms with Gasteiger partial charge < -0.3 is 4.74 Å². The average Bonchev–Trinajstić information content (AvgIpc) is 3.08. The summed E-state index contributed by atoms with van der Waals surface area (Å²) in [5.41, 5.74) is 7.12. The maximum Gasteiger partial charge on any atom is 0.131 e. The van der Waals surface area contributed by atoms with Crippen LogP contribution in [-0.2, 0) is 12.8 Å². The van der Waals surface area contributed by atoms with Crippen molar-refractivity contribution in [3.63, 3.8) is 0 Å². The van der Waals surface area contributed by atoms with Crippen LogP contribution in [0.25, 0.3) is 33.0 Å². The first kappa shape index (κ1) is 32.7. The van der Waals surface area contributed by atoms with Gasteiger partial charge in [0, 0.05) is 22.3 Å². The Kier molecular flexibility index (Phi) is 9.97. The number of hydrogen-bond donors (Lipinski definition) is 0. The Balaban J connectivity index is 1.12. The fourth-order valence-corrected chi connectivity index (χ4v) is 5.84. The van der Waals surface area contributed by atoms with Crippen molar-refractivity contribution in [3.8, 4) is 39.8 Å². The molecule has 0 atom stereocenters. The number of halogens is 3. The van der Waals surface area contributed by atoms with Gasteiger partial charge in [0.2, 0.25) is 0 Å². The molecule has 240 valence electrons. The van der Waals surface area contributed by atoms with E-state index in [2.05, 4.69) is 30.9 Å². The number of ether oxygens (including phenoxy) is 1. The SMILES string of the molecule is CCCCOc1ccc(C#Cc2cc(F)c(CCc3ccc4cc(-c5ccc(-c6ccc(C)cc6F)c(F)c5)ccc4c3)cc2C)cc1. The average molecular weight is 639 g/mol. The molecule has 6 aromatic carbocycles. The monoisotopic (exact) mass is 638 g/mol. The summed E-state index contributed by atoms with van der Waals surface area (Å²) in [6, 6.07) is 33.1. The highest BCUT2D eigenvalue weighted by Crippen LogP contribution is 2.32. The second kappa shape index (κ2) is 14.7. The van der Waals surface area contributed by atoms with E-state index in [0.717, 1.165) is 62.7 Å². The van der Waals surface area contributed by atoms with Crippen molar-refractivity contribution in [1.82, 2.24) is 0 Å². The van der Waals surface area contributed by atoms with Gasteiger partial charge in [-0.25, -0.2) is 13.2 Å².